The molecule has 0 aromatic carbocycles. The molecular formula is C7H12N4. The van der Waals surface area contributed by atoms with Crippen molar-refractivity contribution in [2.24, 2.45) is 0 Å². The van der Waals surface area contributed by atoms with Gasteiger partial charge in [0.1, 0.15) is 5.82 Å². The molecule has 1 unspecified atom stereocenters. The van der Waals surface area contributed by atoms with E-state index in [2.05, 4.69) is 10.3 Å². The number of aromatic nitrogens is 2. The summed E-state index contributed by atoms with van der Waals surface area (Å²) in [6.07, 6.45) is 4.64. The molecule has 1 atom stereocenters. The number of hydrogen-bond acceptors (Lipinski definition) is 3. The molecule has 4 heteroatoms. The van der Waals surface area contributed by atoms with Crippen molar-refractivity contribution >= 4 is 5.82 Å². The fourth-order valence-corrected chi connectivity index (χ4v) is 1.50. The summed E-state index contributed by atoms with van der Waals surface area (Å²) in [5.74, 6) is 0.763. The Bertz CT molecular complexity index is 236. The van der Waals surface area contributed by atoms with E-state index in [1.54, 1.807) is 12.5 Å². The van der Waals surface area contributed by atoms with Gasteiger partial charge < -0.3 is 15.6 Å². The number of nitrogens with zero attached hydrogens (tertiary/aromatic N) is 2. The zero-order valence-corrected chi connectivity index (χ0v) is 6.33. The quantitative estimate of drug-likeness (QED) is 0.595. The summed E-state index contributed by atoms with van der Waals surface area (Å²) in [6.45, 7) is 2.10. The van der Waals surface area contributed by atoms with Crippen molar-refractivity contribution in [3.63, 3.8) is 0 Å². The maximum atomic E-state index is 5.69. The molecular weight excluding hydrogens is 140 g/mol. The van der Waals surface area contributed by atoms with E-state index in [1.807, 2.05) is 4.57 Å². The van der Waals surface area contributed by atoms with Gasteiger partial charge in [-0.25, -0.2) is 4.98 Å². The lowest BCUT2D eigenvalue weighted by atomic mass is 10.2. The van der Waals surface area contributed by atoms with Crippen LogP contribution in [0.25, 0.3) is 0 Å². The molecule has 1 aromatic rings. The lowest BCUT2D eigenvalue weighted by Crippen LogP contribution is -2.14. The van der Waals surface area contributed by atoms with Gasteiger partial charge in [0.2, 0.25) is 0 Å². The molecule has 60 valence electrons. The molecule has 4 nitrogen and oxygen atoms in total. The van der Waals surface area contributed by atoms with Crippen LogP contribution in [0.2, 0.25) is 0 Å². The first-order chi connectivity index (χ1) is 5.38. The van der Waals surface area contributed by atoms with Gasteiger partial charge in [-0.2, -0.15) is 0 Å². The minimum atomic E-state index is 0.512. The van der Waals surface area contributed by atoms with E-state index in [0.717, 1.165) is 25.3 Å². The highest BCUT2D eigenvalue weighted by Gasteiger charge is 2.16. The summed E-state index contributed by atoms with van der Waals surface area (Å²) in [7, 11) is 0. The monoisotopic (exact) mass is 152 g/mol. The van der Waals surface area contributed by atoms with E-state index in [9.17, 15) is 0 Å². The van der Waals surface area contributed by atoms with E-state index in [4.69, 9.17) is 5.73 Å². The minimum Gasteiger partial charge on any atom is -0.384 e. The fraction of sp³-hybridized carbons (Fsp3) is 0.571. The van der Waals surface area contributed by atoms with Crippen LogP contribution in [0, 0.1) is 0 Å². The molecule has 1 aromatic heterocycles. The standard InChI is InChI=1S/C7H12N4/c8-7-4-10-5-11(7)6-1-2-9-3-6/h4-6,9H,1-3,8H2. The number of hydrogen-bond donors (Lipinski definition) is 2. The van der Waals surface area contributed by atoms with Gasteiger partial charge in [-0.05, 0) is 13.0 Å². The number of imidazole rings is 1. The Morgan fingerprint density at radius 3 is 3.18 bits per heavy atom. The average Bonchev–Trinajstić information content (AvgIpc) is 2.55. The fourth-order valence-electron chi connectivity index (χ4n) is 1.50. The van der Waals surface area contributed by atoms with E-state index >= 15 is 0 Å². The number of anilines is 1. The van der Waals surface area contributed by atoms with Crippen molar-refractivity contribution in [1.29, 1.82) is 0 Å². The third kappa shape index (κ3) is 1.09. The SMILES string of the molecule is Nc1cncn1C1CCNC1. The smallest absolute Gasteiger partial charge is 0.123 e. The second-order valence-corrected chi connectivity index (χ2v) is 2.87. The summed E-state index contributed by atoms with van der Waals surface area (Å²) >= 11 is 0. The highest BCUT2D eigenvalue weighted by atomic mass is 15.2. The third-order valence-electron chi connectivity index (χ3n) is 2.12. The molecule has 0 spiro atoms. The Balaban J connectivity index is 2.21. The van der Waals surface area contributed by atoms with E-state index < -0.39 is 0 Å². The summed E-state index contributed by atoms with van der Waals surface area (Å²) in [6, 6.07) is 0.512. The van der Waals surface area contributed by atoms with Crippen LogP contribution in [0.1, 0.15) is 12.5 Å². The maximum absolute atomic E-state index is 5.69. The van der Waals surface area contributed by atoms with Crippen LogP contribution >= 0.6 is 0 Å². The van der Waals surface area contributed by atoms with Gasteiger partial charge in [-0.1, -0.05) is 0 Å². The van der Waals surface area contributed by atoms with Gasteiger partial charge in [0.25, 0.3) is 0 Å². The highest BCUT2D eigenvalue weighted by Crippen LogP contribution is 2.17. The van der Waals surface area contributed by atoms with Crippen LogP contribution in [0.5, 0.6) is 0 Å². The Hall–Kier alpha value is -1.03. The molecule has 0 bridgehead atoms. The summed E-state index contributed by atoms with van der Waals surface area (Å²) in [5.41, 5.74) is 5.69. The molecule has 0 aliphatic carbocycles. The topological polar surface area (TPSA) is 55.9 Å². The number of nitrogen functional groups attached to an aromatic ring is 1. The van der Waals surface area contributed by atoms with Crippen LogP contribution in [0.3, 0.4) is 0 Å². The van der Waals surface area contributed by atoms with Crippen molar-refractivity contribution in [3.05, 3.63) is 12.5 Å². The lowest BCUT2D eigenvalue weighted by molar-refractivity contribution is 0.553. The minimum absolute atomic E-state index is 0.512. The van der Waals surface area contributed by atoms with Crippen LogP contribution in [0.15, 0.2) is 12.5 Å². The van der Waals surface area contributed by atoms with Crippen molar-refractivity contribution in [2.75, 3.05) is 18.8 Å². The number of nitrogens with one attached hydrogen (secondary N) is 1. The van der Waals surface area contributed by atoms with Crippen molar-refractivity contribution < 1.29 is 0 Å². The molecule has 3 N–H and O–H groups in total. The van der Waals surface area contributed by atoms with Crippen molar-refractivity contribution in [2.45, 2.75) is 12.5 Å². The third-order valence-corrected chi connectivity index (χ3v) is 2.12. The van der Waals surface area contributed by atoms with E-state index in [1.165, 1.54) is 0 Å². The van der Waals surface area contributed by atoms with Crippen LogP contribution < -0.4 is 11.1 Å². The number of rotatable bonds is 1. The van der Waals surface area contributed by atoms with Crippen molar-refractivity contribution in [1.82, 2.24) is 14.9 Å². The molecule has 0 radical (unpaired) electrons. The molecule has 1 aliphatic heterocycles. The van der Waals surface area contributed by atoms with Gasteiger partial charge in [0, 0.05) is 6.54 Å². The van der Waals surface area contributed by atoms with Crippen molar-refractivity contribution in [3.8, 4) is 0 Å². The van der Waals surface area contributed by atoms with Crippen LogP contribution in [-0.4, -0.2) is 22.6 Å². The molecule has 0 saturated carbocycles. The first-order valence-corrected chi connectivity index (χ1v) is 3.86. The van der Waals surface area contributed by atoms with Gasteiger partial charge in [0.15, 0.2) is 0 Å². The normalized spacial score (nSPS) is 24.2. The van der Waals surface area contributed by atoms with Crippen LogP contribution in [-0.2, 0) is 0 Å². The first-order valence-electron chi connectivity index (χ1n) is 3.86. The lowest BCUT2D eigenvalue weighted by Gasteiger charge is -2.10. The van der Waals surface area contributed by atoms with Crippen LogP contribution in [0.4, 0.5) is 5.82 Å². The molecule has 2 heterocycles. The molecule has 2 rings (SSSR count). The van der Waals surface area contributed by atoms with Gasteiger partial charge in [-0.15, -0.1) is 0 Å². The Kier molecular flexibility index (Phi) is 1.54. The zero-order chi connectivity index (χ0) is 7.68. The Morgan fingerprint density at radius 1 is 1.73 bits per heavy atom. The van der Waals surface area contributed by atoms with Gasteiger partial charge >= 0.3 is 0 Å². The largest absolute Gasteiger partial charge is 0.384 e. The second kappa shape index (κ2) is 2.54. The van der Waals surface area contributed by atoms with E-state index in [0.29, 0.717) is 6.04 Å². The maximum Gasteiger partial charge on any atom is 0.123 e. The molecule has 1 fully saturated rings. The average molecular weight is 152 g/mol. The molecule has 1 saturated heterocycles. The first kappa shape index (κ1) is 6.67. The number of nitrogens with two attached hydrogens (primary N) is 1. The Morgan fingerprint density at radius 2 is 2.64 bits per heavy atom. The summed E-state index contributed by atoms with van der Waals surface area (Å²) in [4.78, 5) is 3.98. The molecule has 1 aliphatic rings. The predicted octanol–water partition coefficient (Wildman–Crippen LogP) is -0.000300. The van der Waals surface area contributed by atoms with Gasteiger partial charge in [0.05, 0.1) is 18.6 Å². The Labute approximate surface area is 65.4 Å². The molecule has 11 heavy (non-hydrogen) atoms. The molecule has 0 amide bonds. The van der Waals surface area contributed by atoms with Gasteiger partial charge in [-0.3, -0.25) is 0 Å². The second-order valence-electron chi connectivity index (χ2n) is 2.87. The summed E-state index contributed by atoms with van der Waals surface area (Å²) in [5, 5.41) is 3.28. The van der Waals surface area contributed by atoms with E-state index in [-0.39, 0.29) is 0 Å². The predicted molar refractivity (Wildman–Crippen MR) is 43.2 cm³/mol. The summed E-state index contributed by atoms with van der Waals surface area (Å²) < 4.78 is 2.03. The highest BCUT2D eigenvalue weighted by molar-refractivity contribution is 5.25. The zero-order valence-electron chi connectivity index (χ0n) is 6.33.